The van der Waals surface area contributed by atoms with Gasteiger partial charge in [0, 0.05) is 12.3 Å². The van der Waals surface area contributed by atoms with Gasteiger partial charge in [0.2, 0.25) is 5.91 Å². The maximum atomic E-state index is 13.2. The first-order valence-corrected chi connectivity index (χ1v) is 9.84. The first kappa shape index (κ1) is 20.6. The van der Waals surface area contributed by atoms with E-state index in [4.69, 9.17) is 4.74 Å². The Bertz CT molecular complexity index is 965. The topological polar surface area (TPSA) is 47.4 Å². The number of rotatable bonds is 4. The highest BCUT2D eigenvalue weighted by Gasteiger charge is 2.33. The summed E-state index contributed by atoms with van der Waals surface area (Å²) in [7, 11) is 1.63. The second-order valence-corrected chi connectivity index (χ2v) is 6.74. The van der Waals surface area contributed by atoms with Gasteiger partial charge in [0.25, 0.3) is 0 Å². The van der Waals surface area contributed by atoms with E-state index in [0.29, 0.717) is 13.0 Å². The summed E-state index contributed by atoms with van der Waals surface area (Å²) in [5, 5.41) is 4.47. The maximum absolute atomic E-state index is 13.2. The first-order chi connectivity index (χ1) is 14.1. The van der Waals surface area contributed by atoms with Crippen LogP contribution in [-0.2, 0) is 17.8 Å². The summed E-state index contributed by atoms with van der Waals surface area (Å²) in [5.41, 5.74) is 3.56. The minimum absolute atomic E-state index is 0.0805. The summed E-state index contributed by atoms with van der Waals surface area (Å²) in [6.45, 7) is 6.39. The zero-order valence-corrected chi connectivity index (χ0v) is 17.2. The molecule has 0 radical (unpaired) electrons. The van der Waals surface area contributed by atoms with Gasteiger partial charge in [-0.1, -0.05) is 32.9 Å². The number of aromatic nitrogens is 2. The molecule has 29 heavy (non-hydrogen) atoms. The minimum atomic E-state index is -0.288. The molecule has 4 rings (SSSR count). The van der Waals surface area contributed by atoms with E-state index in [-0.39, 0.29) is 17.6 Å². The average Bonchev–Trinajstić information content (AvgIpc) is 3.17. The second kappa shape index (κ2) is 8.90. The molecule has 0 N–H and O–H groups in total. The van der Waals surface area contributed by atoms with Crippen LogP contribution in [0, 0.1) is 11.7 Å². The van der Waals surface area contributed by atoms with Crippen LogP contribution in [0.5, 0.6) is 5.75 Å². The molecule has 152 valence electrons. The van der Waals surface area contributed by atoms with Crippen molar-refractivity contribution >= 4 is 11.6 Å². The molecule has 6 heteroatoms. The van der Waals surface area contributed by atoms with Gasteiger partial charge in [0.05, 0.1) is 36.9 Å². The van der Waals surface area contributed by atoms with Crippen LogP contribution in [-0.4, -0.2) is 22.8 Å². The van der Waals surface area contributed by atoms with Crippen molar-refractivity contribution < 1.29 is 13.9 Å². The van der Waals surface area contributed by atoms with Crippen molar-refractivity contribution in [2.24, 2.45) is 5.92 Å². The van der Waals surface area contributed by atoms with Crippen LogP contribution in [0.1, 0.15) is 32.0 Å². The highest BCUT2D eigenvalue weighted by Crippen LogP contribution is 2.33. The van der Waals surface area contributed by atoms with Gasteiger partial charge in [-0.15, -0.1) is 0 Å². The Morgan fingerprint density at radius 3 is 2.38 bits per heavy atom. The van der Waals surface area contributed by atoms with E-state index in [1.807, 2.05) is 45.0 Å². The van der Waals surface area contributed by atoms with E-state index >= 15 is 0 Å². The van der Waals surface area contributed by atoms with Gasteiger partial charge < -0.3 is 9.64 Å². The van der Waals surface area contributed by atoms with Crippen molar-refractivity contribution in [1.82, 2.24) is 9.78 Å². The maximum Gasteiger partial charge on any atom is 0.230 e. The standard InChI is InChI=1S/C21H20FN3O2.C2H6/c1-14-11-19-20(12-23-25(19)17-7-5-16(22)6-8-17)24(21(14)26)13-15-3-9-18(27-2)10-4-15;1-2/h3-10,12,14H,11,13H2,1-2H3;1-2H3. The molecule has 0 aliphatic carbocycles. The van der Waals surface area contributed by atoms with Crippen LogP contribution in [0.15, 0.2) is 54.7 Å². The second-order valence-electron chi connectivity index (χ2n) is 6.74. The predicted molar refractivity (Wildman–Crippen MR) is 112 cm³/mol. The molecule has 1 aliphatic rings. The largest absolute Gasteiger partial charge is 0.497 e. The van der Waals surface area contributed by atoms with Crippen molar-refractivity contribution in [3.05, 3.63) is 71.8 Å². The normalized spacial score (nSPS) is 15.4. The Morgan fingerprint density at radius 2 is 1.76 bits per heavy atom. The minimum Gasteiger partial charge on any atom is -0.497 e. The first-order valence-electron chi connectivity index (χ1n) is 9.84. The van der Waals surface area contributed by atoms with Gasteiger partial charge >= 0.3 is 0 Å². The van der Waals surface area contributed by atoms with E-state index in [9.17, 15) is 9.18 Å². The van der Waals surface area contributed by atoms with Crippen LogP contribution in [0.3, 0.4) is 0 Å². The predicted octanol–water partition coefficient (Wildman–Crippen LogP) is 4.77. The van der Waals surface area contributed by atoms with Crippen LogP contribution in [0.2, 0.25) is 0 Å². The van der Waals surface area contributed by atoms with Crippen LogP contribution < -0.4 is 9.64 Å². The molecule has 0 spiro atoms. The molecule has 0 fully saturated rings. The van der Waals surface area contributed by atoms with Crippen LogP contribution >= 0.6 is 0 Å². The lowest BCUT2D eigenvalue weighted by Crippen LogP contribution is -2.39. The summed E-state index contributed by atoms with van der Waals surface area (Å²) in [5.74, 6) is 0.426. The molecule has 1 atom stereocenters. The Labute approximate surface area is 170 Å². The Kier molecular flexibility index (Phi) is 6.32. The number of anilines is 1. The third kappa shape index (κ3) is 4.16. The van der Waals surface area contributed by atoms with E-state index in [1.165, 1.54) is 12.1 Å². The van der Waals surface area contributed by atoms with Gasteiger partial charge in [-0.25, -0.2) is 9.07 Å². The van der Waals surface area contributed by atoms with Crippen molar-refractivity contribution in [1.29, 1.82) is 0 Å². The van der Waals surface area contributed by atoms with Crippen molar-refractivity contribution in [2.75, 3.05) is 12.0 Å². The highest BCUT2D eigenvalue weighted by atomic mass is 19.1. The number of halogens is 1. The Morgan fingerprint density at radius 1 is 1.10 bits per heavy atom. The molecule has 0 saturated heterocycles. The molecular formula is C23H26FN3O2. The van der Waals surface area contributed by atoms with Crippen LogP contribution in [0.4, 0.5) is 10.1 Å². The molecule has 2 heterocycles. The number of carbonyl (C=O) groups is 1. The molecule has 2 aromatic carbocycles. The quantitative estimate of drug-likeness (QED) is 0.639. The van der Waals surface area contributed by atoms with Gasteiger partial charge in [0.15, 0.2) is 0 Å². The summed E-state index contributed by atoms with van der Waals surface area (Å²) >= 11 is 0. The third-order valence-electron chi connectivity index (χ3n) is 4.90. The van der Waals surface area contributed by atoms with Crippen molar-refractivity contribution in [2.45, 2.75) is 33.7 Å². The van der Waals surface area contributed by atoms with Gasteiger partial charge in [-0.05, 0) is 42.0 Å². The molecule has 1 aliphatic heterocycles. The highest BCUT2D eigenvalue weighted by molar-refractivity contribution is 5.97. The SMILES string of the molecule is CC.COc1ccc(CN2C(=O)C(C)Cc3c2cnn3-c2ccc(F)cc2)cc1. The number of hydrogen-bond donors (Lipinski definition) is 0. The molecule has 1 amide bonds. The summed E-state index contributed by atoms with van der Waals surface area (Å²) in [4.78, 5) is 14.6. The van der Waals surface area contributed by atoms with Crippen molar-refractivity contribution in [3.63, 3.8) is 0 Å². The molecule has 0 saturated carbocycles. The van der Waals surface area contributed by atoms with Crippen LogP contribution in [0.25, 0.3) is 5.69 Å². The fourth-order valence-corrected chi connectivity index (χ4v) is 3.43. The van der Waals surface area contributed by atoms with Gasteiger partial charge in [0.1, 0.15) is 11.6 Å². The zero-order chi connectivity index (χ0) is 21.0. The Hall–Kier alpha value is -3.15. The van der Waals surface area contributed by atoms with Gasteiger partial charge in [-0.2, -0.15) is 5.10 Å². The molecule has 3 aromatic rings. The van der Waals surface area contributed by atoms with Gasteiger partial charge in [-0.3, -0.25) is 4.79 Å². The number of nitrogens with zero attached hydrogens (tertiary/aromatic N) is 3. The lowest BCUT2D eigenvalue weighted by Gasteiger charge is -2.31. The molecular weight excluding hydrogens is 369 g/mol. The number of fused-ring (bicyclic) bond motifs is 1. The fraction of sp³-hybridized carbons (Fsp3) is 0.304. The number of benzene rings is 2. The Balaban J connectivity index is 0.00000117. The fourth-order valence-electron chi connectivity index (χ4n) is 3.43. The zero-order valence-electron chi connectivity index (χ0n) is 17.2. The number of amides is 1. The van der Waals surface area contributed by atoms with Crippen molar-refractivity contribution in [3.8, 4) is 11.4 Å². The molecule has 0 bridgehead atoms. The smallest absolute Gasteiger partial charge is 0.230 e. The summed E-state index contributed by atoms with van der Waals surface area (Å²) < 4.78 is 20.2. The molecule has 1 aromatic heterocycles. The van der Waals surface area contributed by atoms with E-state index in [0.717, 1.165) is 28.4 Å². The number of carbonyl (C=O) groups excluding carboxylic acids is 1. The lowest BCUT2D eigenvalue weighted by molar-refractivity contribution is -0.122. The monoisotopic (exact) mass is 395 g/mol. The molecule has 1 unspecified atom stereocenters. The number of hydrogen-bond acceptors (Lipinski definition) is 3. The summed E-state index contributed by atoms with van der Waals surface area (Å²) in [6, 6.07) is 13.9. The van der Waals surface area contributed by atoms with E-state index < -0.39 is 0 Å². The summed E-state index contributed by atoms with van der Waals surface area (Å²) in [6.07, 6.45) is 2.32. The number of methoxy groups -OCH3 is 1. The van der Waals surface area contributed by atoms with E-state index in [2.05, 4.69) is 5.10 Å². The third-order valence-corrected chi connectivity index (χ3v) is 4.90. The van der Waals surface area contributed by atoms with E-state index in [1.54, 1.807) is 35.0 Å². The lowest BCUT2D eigenvalue weighted by atomic mass is 9.97. The number of ether oxygens (including phenoxy) is 1. The molecule has 5 nitrogen and oxygen atoms in total. The average molecular weight is 395 g/mol.